The molecular formula is C20H28ClFN2O3S. The van der Waals surface area contributed by atoms with E-state index < -0.39 is 21.6 Å². The zero-order chi connectivity index (χ0) is 20.3. The largest absolute Gasteiger partial charge is 0.343 e. The van der Waals surface area contributed by atoms with Gasteiger partial charge >= 0.3 is 0 Å². The van der Waals surface area contributed by atoms with Gasteiger partial charge in [0.05, 0.1) is 5.75 Å². The Balaban J connectivity index is 1.59. The molecule has 5 nitrogen and oxygen atoms in total. The van der Waals surface area contributed by atoms with Gasteiger partial charge in [-0.25, -0.2) is 17.1 Å². The minimum absolute atomic E-state index is 0.000557. The lowest BCUT2D eigenvalue weighted by molar-refractivity contribution is -0.138. The highest BCUT2D eigenvalue weighted by Gasteiger charge is 2.34. The maximum absolute atomic E-state index is 14.0. The highest BCUT2D eigenvalue weighted by Crippen LogP contribution is 2.28. The summed E-state index contributed by atoms with van der Waals surface area (Å²) in [4.78, 5) is 14.7. The smallest absolute Gasteiger partial charge is 0.225 e. The molecule has 1 aromatic carbocycles. The maximum atomic E-state index is 14.0. The molecule has 1 saturated carbocycles. The summed E-state index contributed by atoms with van der Waals surface area (Å²) in [5, 5.41) is 0.114. The fraction of sp³-hybridized carbons (Fsp3) is 0.650. The van der Waals surface area contributed by atoms with E-state index in [0.29, 0.717) is 18.9 Å². The Labute approximate surface area is 171 Å². The van der Waals surface area contributed by atoms with Crippen LogP contribution in [0.5, 0.6) is 0 Å². The monoisotopic (exact) mass is 430 g/mol. The van der Waals surface area contributed by atoms with Gasteiger partial charge in [0.2, 0.25) is 15.9 Å². The molecule has 0 spiro atoms. The Morgan fingerprint density at radius 1 is 1.18 bits per heavy atom. The summed E-state index contributed by atoms with van der Waals surface area (Å²) < 4.78 is 40.8. The van der Waals surface area contributed by atoms with Crippen LogP contribution in [0.25, 0.3) is 0 Å². The van der Waals surface area contributed by atoms with Crippen LogP contribution >= 0.6 is 11.6 Å². The van der Waals surface area contributed by atoms with Gasteiger partial charge in [-0.1, -0.05) is 36.9 Å². The van der Waals surface area contributed by atoms with Crippen molar-refractivity contribution in [2.75, 3.05) is 20.1 Å². The van der Waals surface area contributed by atoms with Crippen LogP contribution in [-0.2, 0) is 20.6 Å². The van der Waals surface area contributed by atoms with Crippen molar-refractivity contribution in [3.05, 3.63) is 34.6 Å². The van der Waals surface area contributed by atoms with Crippen molar-refractivity contribution < 1.29 is 17.6 Å². The number of amides is 1. The molecule has 3 rings (SSSR count). The Bertz CT molecular complexity index is 783. The third-order valence-electron chi connectivity index (χ3n) is 6.06. The second-order valence-corrected chi connectivity index (χ2v) is 10.2. The minimum Gasteiger partial charge on any atom is -0.343 e. The van der Waals surface area contributed by atoms with Crippen LogP contribution in [-0.4, -0.2) is 49.7 Å². The topological polar surface area (TPSA) is 57.7 Å². The lowest BCUT2D eigenvalue weighted by atomic mass is 9.91. The second kappa shape index (κ2) is 9.09. The molecule has 0 radical (unpaired) electrons. The molecule has 1 aliphatic heterocycles. The van der Waals surface area contributed by atoms with E-state index in [1.165, 1.54) is 28.9 Å². The number of hydrogen-bond donors (Lipinski definition) is 0. The second-order valence-electron chi connectivity index (χ2n) is 7.87. The first-order chi connectivity index (χ1) is 13.3. The van der Waals surface area contributed by atoms with Crippen LogP contribution in [0.15, 0.2) is 18.2 Å². The Kier molecular flexibility index (Phi) is 6.99. The number of hydrogen-bond acceptors (Lipinski definition) is 3. The van der Waals surface area contributed by atoms with Gasteiger partial charge in [-0.2, -0.15) is 0 Å². The molecule has 0 aromatic heterocycles. The highest BCUT2D eigenvalue weighted by atomic mass is 35.5. The molecule has 28 heavy (non-hydrogen) atoms. The third-order valence-corrected chi connectivity index (χ3v) is 8.21. The number of carbonyl (C=O) groups is 1. The number of piperidine rings is 1. The molecule has 8 heteroatoms. The molecule has 1 aromatic rings. The van der Waals surface area contributed by atoms with E-state index in [9.17, 15) is 17.6 Å². The molecule has 2 aliphatic rings. The molecule has 0 N–H and O–H groups in total. The molecule has 0 bridgehead atoms. The van der Waals surface area contributed by atoms with Crippen LogP contribution in [0.1, 0.15) is 50.5 Å². The summed E-state index contributed by atoms with van der Waals surface area (Å²) in [6.07, 6.45) is 6.67. The van der Waals surface area contributed by atoms with E-state index in [4.69, 9.17) is 11.6 Å². The van der Waals surface area contributed by atoms with E-state index >= 15 is 0 Å². The molecule has 1 saturated heterocycles. The summed E-state index contributed by atoms with van der Waals surface area (Å²) in [7, 11) is -1.81. The number of sulfonamides is 1. The van der Waals surface area contributed by atoms with Crippen molar-refractivity contribution in [1.29, 1.82) is 0 Å². The van der Waals surface area contributed by atoms with E-state index in [-0.39, 0.29) is 35.5 Å². The van der Waals surface area contributed by atoms with Crippen LogP contribution < -0.4 is 0 Å². The maximum Gasteiger partial charge on any atom is 0.225 e. The van der Waals surface area contributed by atoms with Gasteiger partial charge in [-0.3, -0.25) is 4.79 Å². The Hall–Kier alpha value is -1.18. The summed E-state index contributed by atoms with van der Waals surface area (Å²) in [6, 6.07) is 4.46. The fourth-order valence-corrected chi connectivity index (χ4v) is 6.18. The fourth-order valence-electron chi connectivity index (χ4n) is 4.26. The van der Waals surface area contributed by atoms with Gasteiger partial charge in [0.1, 0.15) is 5.82 Å². The predicted molar refractivity (Wildman–Crippen MR) is 108 cm³/mol. The first-order valence-electron chi connectivity index (χ1n) is 9.97. The summed E-state index contributed by atoms with van der Waals surface area (Å²) in [5.74, 6) is -1.09. The molecular weight excluding hydrogens is 403 g/mol. The van der Waals surface area contributed by atoms with Gasteiger partial charge in [-0.15, -0.1) is 0 Å². The number of benzene rings is 1. The average Bonchev–Trinajstić information content (AvgIpc) is 2.70. The van der Waals surface area contributed by atoms with Gasteiger partial charge in [-0.05, 0) is 37.8 Å². The first kappa shape index (κ1) is 21.5. The molecule has 0 unspecified atom stereocenters. The van der Waals surface area contributed by atoms with Crippen molar-refractivity contribution >= 4 is 27.5 Å². The zero-order valence-electron chi connectivity index (χ0n) is 16.2. The van der Waals surface area contributed by atoms with Gasteiger partial charge in [0, 0.05) is 42.7 Å². The van der Waals surface area contributed by atoms with E-state index in [1.807, 2.05) is 11.9 Å². The first-order valence-corrected chi connectivity index (χ1v) is 12.0. The van der Waals surface area contributed by atoms with Crippen molar-refractivity contribution in [3.8, 4) is 0 Å². The van der Waals surface area contributed by atoms with Crippen LogP contribution in [0, 0.1) is 11.7 Å². The molecule has 156 valence electrons. The van der Waals surface area contributed by atoms with Crippen LogP contribution in [0.4, 0.5) is 4.39 Å². The standard InChI is InChI=1S/C20H28ClFN2O3S/c1-23(16-6-3-2-4-7-16)20(25)15-10-12-24(13-11-15)28(26,27)14-17-18(21)8-5-9-19(17)22/h5,8-9,15-16H,2-4,6-7,10-14H2,1H3. The molecule has 1 amide bonds. The Morgan fingerprint density at radius 2 is 1.82 bits per heavy atom. The predicted octanol–water partition coefficient (Wildman–Crippen LogP) is 3.81. The number of carbonyl (C=O) groups excluding carboxylic acids is 1. The van der Waals surface area contributed by atoms with E-state index in [2.05, 4.69) is 0 Å². The van der Waals surface area contributed by atoms with Crippen molar-refractivity contribution in [3.63, 3.8) is 0 Å². The van der Waals surface area contributed by atoms with E-state index in [0.717, 1.165) is 25.7 Å². The third kappa shape index (κ3) is 4.86. The normalized spacial score (nSPS) is 20.2. The molecule has 0 atom stereocenters. The van der Waals surface area contributed by atoms with Crippen molar-refractivity contribution in [2.24, 2.45) is 5.92 Å². The lowest BCUT2D eigenvalue weighted by Crippen LogP contribution is -2.46. The van der Waals surface area contributed by atoms with Crippen molar-refractivity contribution in [1.82, 2.24) is 9.21 Å². The highest BCUT2D eigenvalue weighted by molar-refractivity contribution is 7.88. The average molecular weight is 431 g/mol. The number of halogens is 2. The van der Waals surface area contributed by atoms with Crippen molar-refractivity contribution in [2.45, 2.75) is 56.7 Å². The number of rotatable bonds is 5. The van der Waals surface area contributed by atoms with Crippen LogP contribution in [0.2, 0.25) is 5.02 Å². The lowest BCUT2D eigenvalue weighted by Gasteiger charge is -2.36. The van der Waals surface area contributed by atoms with Gasteiger partial charge in [0.25, 0.3) is 0 Å². The zero-order valence-corrected chi connectivity index (χ0v) is 17.8. The molecule has 1 aliphatic carbocycles. The van der Waals surface area contributed by atoms with Crippen LogP contribution in [0.3, 0.4) is 0 Å². The number of nitrogens with zero attached hydrogens (tertiary/aromatic N) is 2. The Morgan fingerprint density at radius 3 is 2.43 bits per heavy atom. The van der Waals surface area contributed by atoms with E-state index in [1.54, 1.807) is 0 Å². The summed E-state index contributed by atoms with van der Waals surface area (Å²) in [6.45, 7) is 0.562. The molecule has 2 fully saturated rings. The molecule has 1 heterocycles. The summed E-state index contributed by atoms with van der Waals surface area (Å²) >= 11 is 5.97. The SMILES string of the molecule is CN(C(=O)C1CCN(S(=O)(=O)Cc2c(F)cccc2Cl)CC1)C1CCCCC1. The van der Waals surface area contributed by atoms with Gasteiger partial charge < -0.3 is 4.90 Å². The minimum atomic E-state index is -3.69. The quantitative estimate of drug-likeness (QED) is 0.713. The van der Waals surface area contributed by atoms with Gasteiger partial charge in [0.15, 0.2) is 0 Å². The summed E-state index contributed by atoms with van der Waals surface area (Å²) in [5.41, 5.74) is -0.000557.